The highest BCUT2D eigenvalue weighted by Crippen LogP contribution is 2.47. The maximum absolute atomic E-state index is 4.58. The Morgan fingerprint density at radius 1 is 1.26 bits per heavy atom. The molecule has 2 nitrogen and oxygen atoms in total. The zero-order chi connectivity index (χ0) is 13.7. The molecule has 2 rings (SSSR count). The van der Waals surface area contributed by atoms with E-state index in [-0.39, 0.29) is 0 Å². The molecule has 0 aliphatic heterocycles. The Bertz CT molecular complexity index is 368. The SMILES string of the molecule is CCNC(C(C)c1ccccn1)C1(CC)CCCC1. The second-order valence-electron chi connectivity index (χ2n) is 6.00. The van der Waals surface area contributed by atoms with Crippen LogP contribution in [0, 0.1) is 5.41 Å². The Labute approximate surface area is 118 Å². The number of nitrogens with one attached hydrogen (secondary N) is 1. The van der Waals surface area contributed by atoms with E-state index >= 15 is 0 Å². The normalized spacial score (nSPS) is 21.2. The lowest BCUT2D eigenvalue weighted by molar-refractivity contribution is 0.165. The van der Waals surface area contributed by atoms with Gasteiger partial charge < -0.3 is 5.32 Å². The molecule has 1 fully saturated rings. The number of nitrogens with zero attached hydrogens (tertiary/aromatic N) is 1. The molecule has 0 saturated heterocycles. The van der Waals surface area contributed by atoms with Gasteiger partial charge in [-0.1, -0.05) is 39.7 Å². The van der Waals surface area contributed by atoms with Gasteiger partial charge in [0.2, 0.25) is 0 Å². The van der Waals surface area contributed by atoms with Crippen molar-refractivity contribution in [1.82, 2.24) is 10.3 Å². The quantitative estimate of drug-likeness (QED) is 0.831. The van der Waals surface area contributed by atoms with Gasteiger partial charge in [0.05, 0.1) is 0 Å². The van der Waals surface area contributed by atoms with Gasteiger partial charge in [-0.05, 0) is 43.4 Å². The number of pyridine rings is 1. The zero-order valence-electron chi connectivity index (χ0n) is 12.7. The topological polar surface area (TPSA) is 24.9 Å². The van der Waals surface area contributed by atoms with Crippen molar-refractivity contribution < 1.29 is 0 Å². The predicted molar refractivity (Wildman–Crippen MR) is 81.3 cm³/mol. The summed E-state index contributed by atoms with van der Waals surface area (Å²) < 4.78 is 0. The van der Waals surface area contributed by atoms with Gasteiger partial charge in [-0.25, -0.2) is 0 Å². The van der Waals surface area contributed by atoms with Crippen LogP contribution in [0.3, 0.4) is 0 Å². The van der Waals surface area contributed by atoms with Crippen LogP contribution in [0.1, 0.15) is 64.5 Å². The third-order valence-electron chi connectivity index (χ3n) is 5.04. The summed E-state index contributed by atoms with van der Waals surface area (Å²) in [5, 5.41) is 3.77. The highest BCUT2D eigenvalue weighted by Gasteiger charge is 2.42. The van der Waals surface area contributed by atoms with Gasteiger partial charge in [0, 0.05) is 23.9 Å². The minimum atomic E-state index is 0.479. The summed E-state index contributed by atoms with van der Waals surface area (Å²) in [5.41, 5.74) is 1.71. The van der Waals surface area contributed by atoms with Crippen LogP contribution < -0.4 is 5.32 Å². The number of likely N-dealkylation sites (N-methyl/N-ethyl adjacent to an activating group) is 1. The Morgan fingerprint density at radius 2 is 2.00 bits per heavy atom. The molecule has 1 heterocycles. The molecular formula is C17H28N2. The average molecular weight is 260 g/mol. The van der Waals surface area contributed by atoms with Gasteiger partial charge in [-0.15, -0.1) is 0 Å². The van der Waals surface area contributed by atoms with E-state index in [0.29, 0.717) is 17.4 Å². The third-order valence-corrected chi connectivity index (χ3v) is 5.04. The highest BCUT2D eigenvalue weighted by molar-refractivity contribution is 5.14. The van der Waals surface area contributed by atoms with E-state index < -0.39 is 0 Å². The number of rotatable bonds is 6. The summed E-state index contributed by atoms with van der Waals surface area (Å²) in [5.74, 6) is 0.485. The minimum Gasteiger partial charge on any atom is -0.313 e. The van der Waals surface area contributed by atoms with Crippen LogP contribution in [0.5, 0.6) is 0 Å². The molecule has 1 aromatic rings. The van der Waals surface area contributed by atoms with Crippen molar-refractivity contribution in [1.29, 1.82) is 0 Å². The van der Waals surface area contributed by atoms with Crippen LogP contribution in [-0.2, 0) is 0 Å². The van der Waals surface area contributed by atoms with Gasteiger partial charge in [0.25, 0.3) is 0 Å². The molecule has 2 unspecified atom stereocenters. The van der Waals surface area contributed by atoms with E-state index in [2.05, 4.69) is 43.2 Å². The molecule has 1 aliphatic rings. The van der Waals surface area contributed by atoms with E-state index in [1.807, 2.05) is 12.3 Å². The lowest BCUT2D eigenvalue weighted by Crippen LogP contribution is -2.47. The molecular weight excluding hydrogens is 232 g/mol. The van der Waals surface area contributed by atoms with Crippen molar-refractivity contribution in [3.63, 3.8) is 0 Å². The first kappa shape index (κ1) is 14.5. The smallest absolute Gasteiger partial charge is 0.0447 e. The second-order valence-corrected chi connectivity index (χ2v) is 6.00. The standard InChI is InChI=1S/C17H28N2/c1-4-17(11-7-8-12-17)16(18-5-2)14(3)15-10-6-9-13-19-15/h6,9-10,13-14,16,18H,4-5,7-8,11-12H2,1-3H3. The van der Waals surface area contributed by atoms with Crippen molar-refractivity contribution in [2.75, 3.05) is 6.54 Å². The molecule has 106 valence electrons. The van der Waals surface area contributed by atoms with Crippen molar-refractivity contribution >= 4 is 0 Å². The largest absolute Gasteiger partial charge is 0.313 e. The van der Waals surface area contributed by atoms with Crippen LogP contribution >= 0.6 is 0 Å². The first-order valence-corrected chi connectivity index (χ1v) is 7.88. The summed E-state index contributed by atoms with van der Waals surface area (Å²) in [4.78, 5) is 4.58. The fraction of sp³-hybridized carbons (Fsp3) is 0.706. The minimum absolute atomic E-state index is 0.479. The first-order chi connectivity index (χ1) is 9.23. The van der Waals surface area contributed by atoms with Gasteiger partial charge in [0.1, 0.15) is 0 Å². The van der Waals surface area contributed by atoms with Gasteiger partial charge in [0.15, 0.2) is 0 Å². The molecule has 1 aliphatic carbocycles. The predicted octanol–water partition coefficient (Wildman–Crippen LogP) is 4.13. The molecule has 19 heavy (non-hydrogen) atoms. The Hall–Kier alpha value is -0.890. The van der Waals surface area contributed by atoms with Crippen molar-refractivity contribution in [2.24, 2.45) is 5.41 Å². The molecule has 1 N–H and O–H groups in total. The molecule has 0 amide bonds. The summed E-state index contributed by atoms with van der Waals surface area (Å²) in [6, 6.07) is 6.84. The van der Waals surface area contributed by atoms with Crippen molar-refractivity contribution in [3.05, 3.63) is 30.1 Å². The molecule has 0 bridgehead atoms. The molecule has 2 heteroatoms. The van der Waals surface area contributed by atoms with E-state index in [1.54, 1.807) is 0 Å². The average Bonchev–Trinajstić information content (AvgIpc) is 2.95. The summed E-state index contributed by atoms with van der Waals surface area (Å²) in [6.07, 6.45) is 8.73. The van der Waals surface area contributed by atoms with Crippen LogP contribution in [0.4, 0.5) is 0 Å². The van der Waals surface area contributed by atoms with Crippen LogP contribution in [0.2, 0.25) is 0 Å². The van der Waals surface area contributed by atoms with E-state index in [9.17, 15) is 0 Å². The third kappa shape index (κ3) is 3.00. The van der Waals surface area contributed by atoms with Crippen molar-refractivity contribution in [3.8, 4) is 0 Å². The fourth-order valence-corrected chi connectivity index (χ4v) is 3.92. The maximum atomic E-state index is 4.58. The van der Waals surface area contributed by atoms with Gasteiger partial charge in [-0.3, -0.25) is 4.98 Å². The van der Waals surface area contributed by atoms with Gasteiger partial charge in [-0.2, -0.15) is 0 Å². The number of hydrogen-bond donors (Lipinski definition) is 1. The van der Waals surface area contributed by atoms with Crippen molar-refractivity contribution in [2.45, 2.75) is 64.8 Å². The van der Waals surface area contributed by atoms with E-state index in [0.717, 1.165) is 6.54 Å². The molecule has 1 saturated carbocycles. The van der Waals surface area contributed by atoms with Crippen LogP contribution in [0.25, 0.3) is 0 Å². The summed E-state index contributed by atoms with van der Waals surface area (Å²) in [6.45, 7) is 7.96. The van der Waals surface area contributed by atoms with E-state index in [1.165, 1.54) is 37.8 Å². The molecule has 0 spiro atoms. The Kier molecular flexibility index (Phi) is 4.98. The summed E-state index contributed by atoms with van der Waals surface area (Å²) in [7, 11) is 0. The zero-order valence-corrected chi connectivity index (χ0v) is 12.7. The highest BCUT2D eigenvalue weighted by atomic mass is 14.9. The van der Waals surface area contributed by atoms with Crippen LogP contribution in [-0.4, -0.2) is 17.6 Å². The first-order valence-electron chi connectivity index (χ1n) is 7.88. The lowest BCUT2D eigenvalue weighted by atomic mass is 9.70. The number of hydrogen-bond acceptors (Lipinski definition) is 2. The van der Waals surface area contributed by atoms with Crippen LogP contribution in [0.15, 0.2) is 24.4 Å². The lowest BCUT2D eigenvalue weighted by Gasteiger charge is -2.41. The monoisotopic (exact) mass is 260 g/mol. The second kappa shape index (κ2) is 6.51. The Morgan fingerprint density at radius 3 is 2.53 bits per heavy atom. The molecule has 2 atom stereocenters. The summed E-state index contributed by atoms with van der Waals surface area (Å²) >= 11 is 0. The molecule has 0 aromatic carbocycles. The van der Waals surface area contributed by atoms with Gasteiger partial charge >= 0.3 is 0 Å². The number of aromatic nitrogens is 1. The van der Waals surface area contributed by atoms with E-state index in [4.69, 9.17) is 0 Å². The molecule has 0 radical (unpaired) electrons. The fourth-order valence-electron chi connectivity index (χ4n) is 3.92. The molecule has 1 aromatic heterocycles. The maximum Gasteiger partial charge on any atom is 0.0447 e. The Balaban J connectivity index is 2.24.